The second-order valence-corrected chi connectivity index (χ2v) is 10.7. The highest BCUT2D eigenvalue weighted by Gasteiger charge is 2.21. The fraction of sp³-hybridized carbons (Fsp3) is 0.148. The van der Waals surface area contributed by atoms with E-state index in [0.717, 1.165) is 51.6 Å². The minimum absolute atomic E-state index is 0.395. The van der Waals surface area contributed by atoms with Crippen molar-refractivity contribution in [2.45, 2.75) is 20.0 Å². The quantitative estimate of drug-likeness (QED) is 0.353. The fourth-order valence-corrected chi connectivity index (χ4v) is 6.43. The molecule has 11 heteroatoms. The number of thiophene rings is 1. The van der Waals surface area contributed by atoms with E-state index in [1.54, 1.807) is 24.5 Å². The van der Waals surface area contributed by atoms with Crippen LogP contribution in [0.15, 0.2) is 70.5 Å². The van der Waals surface area contributed by atoms with Crippen molar-refractivity contribution in [2.75, 3.05) is 11.4 Å². The fourth-order valence-electron chi connectivity index (χ4n) is 5.05. The van der Waals surface area contributed by atoms with E-state index < -0.39 is 11.2 Å². The molecule has 0 amide bonds. The summed E-state index contributed by atoms with van der Waals surface area (Å²) in [5.41, 5.74) is 1.78. The van der Waals surface area contributed by atoms with Crippen molar-refractivity contribution in [1.82, 2.24) is 29.3 Å². The minimum Gasteiger partial charge on any atom is -0.362 e. The van der Waals surface area contributed by atoms with Crippen LogP contribution in [0.25, 0.3) is 37.1 Å². The summed E-state index contributed by atoms with van der Waals surface area (Å²) in [5.74, 6) is 1.82. The van der Waals surface area contributed by atoms with Gasteiger partial charge in [0.1, 0.15) is 10.5 Å². The molecule has 0 saturated heterocycles. The minimum atomic E-state index is -0.521. The number of anilines is 1. The molecular formula is C27H20ClN7O2S. The van der Waals surface area contributed by atoms with E-state index in [2.05, 4.69) is 29.6 Å². The number of aromatic amines is 1. The molecule has 0 radical (unpaired) electrons. The van der Waals surface area contributed by atoms with Crippen LogP contribution < -0.4 is 16.1 Å². The van der Waals surface area contributed by atoms with Crippen LogP contribution in [-0.2, 0) is 13.1 Å². The number of benzene rings is 2. The van der Waals surface area contributed by atoms with E-state index in [1.807, 2.05) is 43.3 Å². The standard InChI is InChI=1S/C27H20ClN7O2S/c1-15-31-32-24-14-33(8-9-34(15)24)17-7-6-16-12-29-13-22(19(16)10-17)35-26(36)25-21(30-27(35)37)11-23(38-25)18-4-2-3-5-20(18)28/h2-7,10-13H,8-9,14H2,1H3,(H,30,37). The van der Waals surface area contributed by atoms with Crippen LogP contribution in [0.3, 0.4) is 0 Å². The van der Waals surface area contributed by atoms with E-state index in [1.165, 1.54) is 15.9 Å². The number of fused-ring (bicyclic) bond motifs is 3. The van der Waals surface area contributed by atoms with Crippen LogP contribution in [0, 0.1) is 6.92 Å². The van der Waals surface area contributed by atoms with Gasteiger partial charge in [0.05, 0.1) is 23.9 Å². The number of hydrogen-bond donors (Lipinski definition) is 1. The molecule has 2 aromatic carbocycles. The van der Waals surface area contributed by atoms with Gasteiger partial charge in [-0.05, 0) is 31.2 Å². The molecule has 188 valence electrons. The average molecular weight is 542 g/mol. The summed E-state index contributed by atoms with van der Waals surface area (Å²) < 4.78 is 3.74. The summed E-state index contributed by atoms with van der Waals surface area (Å²) in [6, 6.07) is 15.2. The highest BCUT2D eigenvalue weighted by molar-refractivity contribution is 7.22. The number of pyridine rings is 1. The number of H-pyrrole nitrogens is 1. The molecule has 6 aromatic rings. The number of nitrogens with zero attached hydrogens (tertiary/aromatic N) is 6. The predicted octanol–water partition coefficient (Wildman–Crippen LogP) is 4.53. The molecule has 0 atom stereocenters. The van der Waals surface area contributed by atoms with Gasteiger partial charge >= 0.3 is 5.69 Å². The Hall–Kier alpha value is -4.28. The second kappa shape index (κ2) is 8.64. The largest absolute Gasteiger partial charge is 0.362 e. The molecule has 0 saturated carbocycles. The predicted molar refractivity (Wildman–Crippen MR) is 150 cm³/mol. The molecule has 0 unspecified atom stereocenters. The highest BCUT2D eigenvalue weighted by atomic mass is 35.5. The molecule has 1 aliphatic heterocycles. The van der Waals surface area contributed by atoms with Gasteiger partial charge in [-0.1, -0.05) is 35.9 Å². The summed E-state index contributed by atoms with van der Waals surface area (Å²) >= 11 is 7.69. The molecular weight excluding hydrogens is 522 g/mol. The second-order valence-electron chi connectivity index (χ2n) is 9.20. The van der Waals surface area contributed by atoms with Crippen LogP contribution in [0.4, 0.5) is 5.69 Å². The number of rotatable bonds is 3. The van der Waals surface area contributed by atoms with Gasteiger partial charge in [0.15, 0.2) is 5.82 Å². The third-order valence-corrected chi connectivity index (χ3v) is 8.47. The summed E-state index contributed by atoms with van der Waals surface area (Å²) in [4.78, 5) is 37.2. The van der Waals surface area contributed by atoms with Crippen molar-refractivity contribution in [3.05, 3.63) is 98.4 Å². The van der Waals surface area contributed by atoms with Gasteiger partial charge in [-0.3, -0.25) is 9.78 Å². The van der Waals surface area contributed by atoms with Crippen molar-refractivity contribution in [3.63, 3.8) is 0 Å². The average Bonchev–Trinajstić information content (AvgIpc) is 3.52. The monoisotopic (exact) mass is 541 g/mol. The molecule has 0 spiro atoms. The maximum absolute atomic E-state index is 13.7. The van der Waals surface area contributed by atoms with E-state index in [-0.39, 0.29) is 0 Å². The summed E-state index contributed by atoms with van der Waals surface area (Å²) in [7, 11) is 0. The Kier molecular flexibility index (Phi) is 5.20. The van der Waals surface area contributed by atoms with Gasteiger partial charge in [0.2, 0.25) is 0 Å². The Morgan fingerprint density at radius 2 is 1.89 bits per heavy atom. The van der Waals surface area contributed by atoms with Crippen LogP contribution in [-0.4, -0.2) is 35.8 Å². The number of halogens is 1. The Morgan fingerprint density at radius 3 is 2.76 bits per heavy atom. The molecule has 0 aliphatic carbocycles. The third kappa shape index (κ3) is 3.56. The van der Waals surface area contributed by atoms with E-state index in [0.29, 0.717) is 27.5 Å². The molecule has 1 aliphatic rings. The Balaban J connectivity index is 1.36. The Bertz CT molecular complexity index is 2010. The maximum Gasteiger partial charge on any atom is 0.333 e. The lowest BCUT2D eigenvalue weighted by Gasteiger charge is -2.29. The van der Waals surface area contributed by atoms with Crippen molar-refractivity contribution in [2.24, 2.45) is 0 Å². The van der Waals surface area contributed by atoms with Crippen molar-refractivity contribution >= 4 is 49.6 Å². The first kappa shape index (κ1) is 22.9. The Morgan fingerprint density at radius 1 is 1.03 bits per heavy atom. The third-order valence-electron chi connectivity index (χ3n) is 6.98. The molecule has 7 rings (SSSR count). The van der Waals surface area contributed by atoms with Crippen LogP contribution in [0.5, 0.6) is 0 Å². The molecule has 5 heterocycles. The van der Waals surface area contributed by atoms with E-state index in [4.69, 9.17) is 11.6 Å². The van der Waals surface area contributed by atoms with Crippen LogP contribution >= 0.6 is 22.9 Å². The van der Waals surface area contributed by atoms with E-state index >= 15 is 0 Å². The van der Waals surface area contributed by atoms with Crippen LogP contribution in [0.2, 0.25) is 5.02 Å². The first-order chi connectivity index (χ1) is 18.5. The molecule has 9 nitrogen and oxygen atoms in total. The smallest absolute Gasteiger partial charge is 0.333 e. The zero-order valence-electron chi connectivity index (χ0n) is 20.2. The van der Waals surface area contributed by atoms with Crippen molar-refractivity contribution in [1.29, 1.82) is 0 Å². The van der Waals surface area contributed by atoms with Gasteiger partial charge in [0.25, 0.3) is 5.56 Å². The van der Waals surface area contributed by atoms with Crippen molar-refractivity contribution < 1.29 is 0 Å². The van der Waals surface area contributed by atoms with Gasteiger partial charge in [0, 0.05) is 51.2 Å². The van der Waals surface area contributed by atoms with Crippen LogP contribution in [0.1, 0.15) is 11.6 Å². The lowest BCUT2D eigenvalue weighted by molar-refractivity contribution is 0.551. The number of nitrogens with one attached hydrogen (secondary N) is 1. The lowest BCUT2D eigenvalue weighted by Crippen LogP contribution is -2.34. The number of aryl methyl sites for hydroxylation is 1. The molecule has 0 fully saturated rings. The maximum atomic E-state index is 13.7. The highest BCUT2D eigenvalue weighted by Crippen LogP contribution is 2.35. The molecule has 4 aromatic heterocycles. The Labute approximate surface area is 224 Å². The van der Waals surface area contributed by atoms with Gasteiger partial charge in [-0.15, -0.1) is 21.5 Å². The number of hydrogen-bond acceptors (Lipinski definition) is 7. The molecule has 1 N–H and O–H groups in total. The summed E-state index contributed by atoms with van der Waals surface area (Å²) in [6.45, 7) is 4.17. The molecule has 0 bridgehead atoms. The van der Waals surface area contributed by atoms with E-state index in [9.17, 15) is 9.59 Å². The summed E-state index contributed by atoms with van der Waals surface area (Å²) in [6.07, 6.45) is 3.30. The van der Waals surface area contributed by atoms with Crippen molar-refractivity contribution in [3.8, 4) is 16.1 Å². The SMILES string of the molecule is Cc1nnc2n1CCN(c1ccc3cncc(-n4c(=O)[nH]c5cc(-c6ccccc6Cl)sc5c4=O)c3c1)C2. The zero-order chi connectivity index (χ0) is 26.0. The normalized spacial score (nSPS) is 13.4. The first-order valence-corrected chi connectivity index (χ1v) is 13.2. The van der Waals surface area contributed by atoms with Gasteiger partial charge in [-0.2, -0.15) is 0 Å². The van der Waals surface area contributed by atoms with Gasteiger partial charge in [-0.25, -0.2) is 9.36 Å². The zero-order valence-corrected chi connectivity index (χ0v) is 21.8. The topological polar surface area (TPSA) is 102 Å². The molecule has 38 heavy (non-hydrogen) atoms. The van der Waals surface area contributed by atoms with Gasteiger partial charge < -0.3 is 14.5 Å². The number of aromatic nitrogens is 6. The first-order valence-electron chi connectivity index (χ1n) is 12.0. The lowest BCUT2D eigenvalue weighted by atomic mass is 10.1. The summed E-state index contributed by atoms with van der Waals surface area (Å²) in [5, 5.41) is 10.7.